The van der Waals surface area contributed by atoms with Crippen LogP contribution in [0.25, 0.3) is 16.5 Å². The van der Waals surface area contributed by atoms with Crippen molar-refractivity contribution in [1.29, 1.82) is 0 Å². The number of carbonyl (C=O) groups is 1. The van der Waals surface area contributed by atoms with Crippen molar-refractivity contribution in [1.82, 2.24) is 14.7 Å². The van der Waals surface area contributed by atoms with Crippen molar-refractivity contribution in [3.05, 3.63) is 64.6 Å². The van der Waals surface area contributed by atoms with E-state index in [9.17, 15) is 9.59 Å². The number of carbonyl (C=O) groups excluding carboxylic acids is 1. The molecule has 2 aromatic carbocycles. The minimum absolute atomic E-state index is 0.163. The molecule has 6 nitrogen and oxygen atoms in total. The van der Waals surface area contributed by atoms with Crippen LogP contribution in [0.1, 0.15) is 37.2 Å². The van der Waals surface area contributed by atoms with E-state index in [1.165, 1.54) is 4.68 Å². The van der Waals surface area contributed by atoms with Gasteiger partial charge in [-0.15, -0.1) is 0 Å². The third kappa shape index (κ3) is 3.76. The second-order valence-corrected chi connectivity index (χ2v) is 6.55. The number of unbranched alkanes of at least 4 members (excludes halogenated alkanes) is 1. The van der Waals surface area contributed by atoms with Crippen molar-refractivity contribution in [3.8, 4) is 11.4 Å². The van der Waals surface area contributed by atoms with Gasteiger partial charge in [0.05, 0.1) is 18.2 Å². The first-order chi connectivity index (χ1) is 13.6. The Morgan fingerprint density at radius 1 is 1.11 bits per heavy atom. The monoisotopic (exact) mass is 379 g/mol. The molecule has 1 aromatic heterocycles. The molecule has 0 radical (unpaired) electrons. The Kier molecular flexibility index (Phi) is 6.09. The van der Waals surface area contributed by atoms with Gasteiger partial charge in [-0.1, -0.05) is 37.6 Å². The number of hydrogen-bond donors (Lipinski definition) is 0. The Labute approximate surface area is 164 Å². The molecule has 28 heavy (non-hydrogen) atoms. The molecule has 0 aliphatic carbocycles. The second kappa shape index (κ2) is 8.69. The lowest BCUT2D eigenvalue weighted by Gasteiger charge is -2.21. The van der Waals surface area contributed by atoms with Crippen LogP contribution in [0.2, 0.25) is 0 Å². The summed E-state index contributed by atoms with van der Waals surface area (Å²) in [6.45, 7) is 5.30. The molecule has 6 heteroatoms. The van der Waals surface area contributed by atoms with Gasteiger partial charge in [-0.05, 0) is 31.5 Å². The van der Waals surface area contributed by atoms with Crippen molar-refractivity contribution in [2.75, 3.05) is 20.2 Å². The number of fused-ring (bicyclic) bond motifs is 1. The molecule has 1 heterocycles. The fourth-order valence-electron chi connectivity index (χ4n) is 3.17. The van der Waals surface area contributed by atoms with Crippen LogP contribution < -0.4 is 10.3 Å². The summed E-state index contributed by atoms with van der Waals surface area (Å²) >= 11 is 0. The number of methoxy groups -OCH3 is 1. The van der Waals surface area contributed by atoms with Crippen LogP contribution in [0, 0.1) is 0 Å². The highest BCUT2D eigenvalue weighted by molar-refractivity contribution is 6.04. The molecular weight excluding hydrogens is 354 g/mol. The molecule has 146 valence electrons. The SMILES string of the molecule is CCCCN(CC)C(=O)c1nn(-c2cccc(OC)c2)c(=O)c2ccccc12. The first-order valence-corrected chi connectivity index (χ1v) is 9.56. The molecule has 0 bridgehead atoms. The Morgan fingerprint density at radius 2 is 1.86 bits per heavy atom. The van der Waals surface area contributed by atoms with Gasteiger partial charge in [-0.25, -0.2) is 0 Å². The fraction of sp³-hybridized carbons (Fsp3) is 0.318. The number of nitrogens with zero attached hydrogens (tertiary/aromatic N) is 3. The van der Waals surface area contributed by atoms with E-state index in [0.29, 0.717) is 35.3 Å². The van der Waals surface area contributed by atoms with Crippen LogP contribution in [0.3, 0.4) is 0 Å². The van der Waals surface area contributed by atoms with Gasteiger partial charge in [0.25, 0.3) is 11.5 Å². The Morgan fingerprint density at radius 3 is 2.54 bits per heavy atom. The predicted molar refractivity (Wildman–Crippen MR) is 110 cm³/mol. The van der Waals surface area contributed by atoms with E-state index in [2.05, 4.69) is 12.0 Å². The molecule has 1 amide bonds. The van der Waals surface area contributed by atoms with Crippen molar-refractivity contribution < 1.29 is 9.53 Å². The highest BCUT2D eigenvalue weighted by Gasteiger charge is 2.21. The van der Waals surface area contributed by atoms with Gasteiger partial charge in [0.15, 0.2) is 5.69 Å². The third-order valence-corrected chi connectivity index (χ3v) is 4.76. The van der Waals surface area contributed by atoms with E-state index >= 15 is 0 Å². The third-order valence-electron chi connectivity index (χ3n) is 4.76. The lowest BCUT2D eigenvalue weighted by molar-refractivity contribution is 0.0756. The molecule has 0 aliphatic heterocycles. The lowest BCUT2D eigenvalue weighted by atomic mass is 10.1. The van der Waals surface area contributed by atoms with Crippen LogP contribution in [-0.2, 0) is 0 Å². The van der Waals surface area contributed by atoms with E-state index in [1.807, 2.05) is 13.0 Å². The topological polar surface area (TPSA) is 64.4 Å². The lowest BCUT2D eigenvalue weighted by Crippen LogP contribution is -2.34. The summed E-state index contributed by atoms with van der Waals surface area (Å²) in [5, 5.41) is 5.52. The van der Waals surface area contributed by atoms with Gasteiger partial charge in [0.2, 0.25) is 0 Å². The van der Waals surface area contributed by atoms with E-state index in [-0.39, 0.29) is 17.2 Å². The Balaban J connectivity index is 2.21. The molecule has 0 saturated heterocycles. The maximum Gasteiger partial charge on any atom is 0.279 e. The zero-order valence-corrected chi connectivity index (χ0v) is 16.5. The molecule has 0 N–H and O–H groups in total. The maximum atomic E-state index is 13.2. The summed E-state index contributed by atoms with van der Waals surface area (Å²) in [7, 11) is 1.57. The predicted octanol–water partition coefficient (Wildman–Crippen LogP) is 3.66. The first-order valence-electron chi connectivity index (χ1n) is 9.56. The number of amides is 1. The highest BCUT2D eigenvalue weighted by atomic mass is 16.5. The Bertz CT molecular complexity index is 1040. The van der Waals surface area contributed by atoms with Gasteiger partial charge in [-0.2, -0.15) is 9.78 Å². The smallest absolute Gasteiger partial charge is 0.279 e. The molecule has 0 fully saturated rings. The first kappa shape index (κ1) is 19.6. The van der Waals surface area contributed by atoms with E-state index in [1.54, 1.807) is 54.5 Å². The summed E-state index contributed by atoms with van der Waals surface area (Å²) in [6.07, 6.45) is 1.92. The van der Waals surface area contributed by atoms with Gasteiger partial charge in [-0.3, -0.25) is 9.59 Å². The molecule has 0 spiro atoms. The van der Waals surface area contributed by atoms with Crippen LogP contribution in [0.4, 0.5) is 0 Å². The summed E-state index contributed by atoms with van der Waals surface area (Å²) in [4.78, 5) is 28.1. The van der Waals surface area contributed by atoms with Gasteiger partial charge >= 0.3 is 0 Å². The Hall–Kier alpha value is -3.15. The molecule has 0 unspecified atom stereocenters. The number of ether oxygens (including phenoxy) is 1. The van der Waals surface area contributed by atoms with Gasteiger partial charge in [0.1, 0.15) is 5.75 Å². The van der Waals surface area contributed by atoms with Crippen molar-refractivity contribution >= 4 is 16.7 Å². The molecular formula is C22H25N3O3. The fourth-order valence-corrected chi connectivity index (χ4v) is 3.17. The quantitative estimate of drug-likeness (QED) is 0.628. The summed E-state index contributed by atoms with van der Waals surface area (Å²) in [5.74, 6) is 0.453. The standard InChI is InChI=1S/C22H25N3O3/c1-4-6-14-24(5-2)22(27)20-18-12-7-8-13-19(18)21(26)25(23-20)16-10-9-11-17(15-16)28-3/h7-13,15H,4-6,14H2,1-3H3. The second-order valence-electron chi connectivity index (χ2n) is 6.55. The van der Waals surface area contributed by atoms with E-state index in [4.69, 9.17) is 4.74 Å². The normalized spacial score (nSPS) is 10.8. The van der Waals surface area contributed by atoms with Crippen LogP contribution in [-0.4, -0.2) is 40.8 Å². The largest absolute Gasteiger partial charge is 0.497 e. The summed E-state index contributed by atoms with van der Waals surface area (Å²) < 4.78 is 6.55. The molecule has 3 aromatic rings. The van der Waals surface area contributed by atoms with Crippen LogP contribution in [0.15, 0.2) is 53.3 Å². The van der Waals surface area contributed by atoms with Crippen LogP contribution in [0.5, 0.6) is 5.75 Å². The van der Waals surface area contributed by atoms with E-state index in [0.717, 1.165) is 12.8 Å². The molecule has 0 aliphatic rings. The molecule has 0 atom stereocenters. The zero-order valence-electron chi connectivity index (χ0n) is 16.5. The van der Waals surface area contributed by atoms with E-state index < -0.39 is 0 Å². The van der Waals surface area contributed by atoms with Crippen molar-refractivity contribution in [2.45, 2.75) is 26.7 Å². The molecule has 0 saturated carbocycles. The van der Waals surface area contributed by atoms with Gasteiger partial charge < -0.3 is 9.64 Å². The van der Waals surface area contributed by atoms with Gasteiger partial charge in [0, 0.05) is 24.5 Å². The number of hydrogen-bond acceptors (Lipinski definition) is 4. The summed E-state index contributed by atoms with van der Waals surface area (Å²) in [6, 6.07) is 14.2. The number of aromatic nitrogens is 2. The average Bonchev–Trinajstić information content (AvgIpc) is 2.74. The average molecular weight is 379 g/mol. The van der Waals surface area contributed by atoms with Crippen molar-refractivity contribution in [2.24, 2.45) is 0 Å². The highest BCUT2D eigenvalue weighted by Crippen LogP contribution is 2.19. The zero-order chi connectivity index (χ0) is 20.1. The minimum atomic E-state index is -0.267. The van der Waals surface area contributed by atoms with Crippen molar-refractivity contribution in [3.63, 3.8) is 0 Å². The minimum Gasteiger partial charge on any atom is -0.497 e. The maximum absolute atomic E-state index is 13.2. The number of rotatable bonds is 7. The van der Waals surface area contributed by atoms with Crippen LogP contribution >= 0.6 is 0 Å². The number of benzene rings is 2. The summed E-state index contributed by atoms with van der Waals surface area (Å²) in [5.41, 5.74) is 0.578. The molecule has 3 rings (SSSR count).